The Hall–Kier alpha value is -2.90. The van der Waals surface area contributed by atoms with E-state index in [9.17, 15) is 0 Å². The maximum Gasteiger partial charge on any atom is 0.0236 e. The molecular formula is C28H27N. The van der Waals surface area contributed by atoms with E-state index in [1.165, 1.54) is 39.0 Å². The molecule has 1 aliphatic carbocycles. The summed E-state index contributed by atoms with van der Waals surface area (Å²) in [6, 6.07) is 26.5. The molecule has 1 fully saturated rings. The minimum Gasteiger partial charge on any atom is -0.298 e. The van der Waals surface area contributed by atoms with Crippen LogP contribution in [0.15, 0.2) is 78.4 Å². The quantitative estimate of drug-likeness (QED) is 0.381. The number of aryl methyl sites for hydroxylation is 1. The second kappa shape index (κ2) is 7.85. The molecule has 0 radical (unpaired) electrons. The van der Waals surface area contributed by atoms with Crippen LogP contribution in [0.4, 0.5) is 0 Å². The fraction of sp³-hybridized carbons (Fsp3) is 0.214. The third-order valence-corrected chi connectivity index (χ3v) is 6.37. The number of hydrogen-bond acceptors (Lipinski definition) is 1. The molecule has 0 bridgehead atoms. The van der Waals surface area contributed by atoms with Crippen LogP contribution in [-0.2, 0) is 6.54 Å². The molecule has 144 valence electrons. The first kappa shape index (κ1) is 18.1. The highest BCUT2D eigenvalue weighted by atomic mass is 15.1. The normalized spacial score (nSPS) is 16.3. The second-order valence-electron chi connectivity index (χ2n) is 8.19. The molecule has 1 heterocycles. The van der Waals surface area contributed by atoms with E-state index in [0.29, 0.717) is 0 Å². The Morgan fingerprint density at radius 1 is 0.690 bits per heavy atom. The summed E-state index contributed by atoms with van der Waals surface area (Å²) in [5.74, 6) is 0. The maximum atomic E-state index is 2.61. The van der Waals surface area contributed by atoms with Gasteiger partial charge in [-0.1, -0.05) is 90.5 Å². The summed E-state index contributed by atoms with van der Waals surface area (Å²) in [5.41, 5.74) is 11.4. The Labute approximate surface area is 174 Å². The van der Waals surface area contributed by atoms with E-state index in [1.807, 2.05) is 0 Å². The molecule has 3 aromatic rings. The third-order valence-electron chi connectivity index (χ3n) is 6.37. The Morgan fingerprint density at radius 3 is 1.86 bits per heavy atom. The summed E-state index contributed by atoms with van der Waals surface area (Å²) < 4.78 is 0. The van der Waals surface area contributed by atoms with Gasteiger partial charge in [-0.05, 0) is 58.7 Å². The molecule has 1 saturated heterocycles. The average Bonchev–Trinajstić information content (AvgIpc) is 2.93. The summed E-state index contributed by atoms with van der Waals surface area (Å²) >= 11 is 0. The van der Waals surface area contributed by atoms with Crippen LogP contribution in [0.2, 0.25) is 0 Å². The minimum atomic E-state index is 1.06. The van der Waals surface area contributed by atoms with Crippen molar-refractivity contribution < 1.29 is 0 Å². The SMILES string of the molecule is Cc1ccccc1CN1CCC(=C2c3ccccc3C=Cc3ccccc32)CC1. The average molecular weight is 378 g/mol. The predicted octanol–water partition coefficient (Wildman–Crippen LogP) is 6.58. The summed E-state index contributed by atoms with van der Waals surface area (Å²) in [4.78, 5) is 2.61. The van der Waals surface area contributed by atoms with Crippen molar-refractivity contribution in [1.82, 2.24) is 4.90 Å². The topological polar surface area (TPSA) is 3.24 Å². The number of rotatable bonds is 2. The molecule has 0 amide bonds. The van der Waals surface area contributed by atoms with Crippen LogP contribution >= 0.6 is 0 Å². The highest BCUT2D eigenvalue weighted by Crippen LogP contribution is 2.38. The minimum absolute atomic E-state index is 1.06. The standard InChI is InChI=1S/C28H27N/c1-21-8-2-3-11-25(21)20-29-18-16-24(17-19-29)28-26-12-6-4-9-22(26)14-15-23-10-5-7-13-27(23)28/h2-15H,16-20H2,1H3. The molecule has 0 unspecified atom stereocenters. The smallest absolute Gasteiger partial charge is 0.0236 e. The maximum absolute atomic E-state index is 2.61. The van der Waals surface area contributed by atoms with Crippen molar-refractivity contribution in [2.75, 3.05) is 13.1 Å². The Balaban J connectivity index is 1.48. The molecule has 29 heavy (non-hydrogen) atoms. The van der Waals surface area contributed by atoms with Gasteiger partial charge in [0.25, 0.3) is 0 Å². The number of nitrogens with zero attached hydrogens (tertiary/aromatic N) is 1. The Morgan fingerprint density at radius 2 is 1.24 bits per heavy atom. The van der Waals surface area contributed by atoms with Gasteiger partial charge in [0.2, 0.25) is 0 Å². The van der Waals surface area contributed by atoms with Crippen LogP contribution in [0, 0.1) is 6.92 Å². The first-order valence-corrected chi connectivity index (χ1v) is 10.7. The predicted molar refractivity (Wildman–Crippen MR) is 124 cm³/mol. The zero-order chi connectivity index (χ0) is 19.6. The summed E-state index contributed by atoms with van der Waals surface area (Å²) in [7, 11) is 0. The number of fused-ring (bicyclic) bond motifs is 2. The van der Waals surface area contributed by atoms with Crippen molar-refractivity contribution in [3.63, 3.8) is 0 Å². The van der Waals surface area contributed by atoms with Crippen LogP contribution < -0.4 is 0 Å². The molecule has 5 rings (SSSR count). The zero-order valence-corrected chi connectivity index (χ0v) is 17.1. The summed E-state index contributed by atoms with van der Waals surface area (Å²) in [6.07, 6.45) is 6.83. The Bertz CT molecular complexity index is 1040. The van der Waals surface area contributed by atoms with Gasteiger partial charge in [-0.15, -0.1) is 0 Å². The van der Waals surface area contributed by atoms with E-state index in [0.717, 1.165) is 32.5 Å². The number of piperidine rings is 1. The lowest BCUT2D eigenvalue weighted by Crippen LogP contribution is -2.31. The van der Waals surface area contributed by atoms with Gasteiger partial charge in [-0.25, -0.2) is 0 Å². The van der Waals surface area contributed by atoms with Crippen LogP contribution in [0.3, 0.4) is 0 Å². The number of hydrogen-bond donors (Lipinski definition) is 0. The lowest BCUT2D eigenvalue weighted by Gasteiger charge is -2.31. The fourth-order valence-corrected chi connectivity index (χ4v) is 4.71. The van der Waals surface area contributed by atoms with Gasteiger partial charge in [0.05, 0.1) is 0 Å². The van der Waals surface area contributed by atoms with Gasteiger partial charge in [-0.2, -0.15) is 0 Å². The van der Waals surface area contributed by atoms with Crippen molar-refractivity contribution in [1.29, 1.82) is 0 Å². The first-order valence-electron chi connectivity index (χ1n) is 10.7. The molecular weight excluding hydrogens is 350 g/mol. The monoisotopic (exact) mass is 377 g/mol. The second-order valence-corrected chi connectivity index (χ2v) is 8.19. The largest absolute Gasteiger partial charge is 0.298 e. The van der Waals surface area contributed by atoms with E-state index in [1.54, 1.807) is 5.57 Å². The van der Waals surface area contributed by atoms with Crippen LogP contribution in [0.1, 0.15) is 46.2 Å². The first-order chi connectivity index (χ1) is 14.3. The highest BCUT2D eigenvalue weighted by Gasteiger charge is 2.22. The lowest BCUT2D eigenvalue weighted by molar-refractivity contribution is 0.248. The molecule has 3 aromatic carbocycles. The lowest BCUT2D eigenvalue weighted by atomic mass is 9.86. The molecule has 1 aliphatic heterocycles. The molecule has 1 nitrogen and oxygen atoms in total. The highest BCUT2D eigenvalue weighted by molar-refractivity contribution is 5.94. The molecule has 0 aromatic heterocycles. The van der Waals surface area contributed by atoms with Crippen molar-refractivity contribution in [3.05, 3.63) is 112 Å². The van der Waals surface area contributed by atoms with Crippen molar-refractivity contribution in [2.24, 2.45) is 0 Å². The Kier molecular flexibility index (Phi) is 4.91. The summed E-state index contributed by atoms with van der Waals surface area (Å²) in [5, 5.41) is 0. The van der Waals surface area contributed by atoms with Gasteiger partial charge >= 0.3 is 0 Å². The zero-order valence-electron chi connectivity index (χ0n) is 17.1. The fourth-order valence-electron chi connectivity index (χ4n) is 4.71. The van der Waals surface area contributed by atoms with E-state index in [2.05, 4.69) is 96.8 Å². The van der Waals surface area contributed by atoms with Crippen LogP contribution in [0.25, 0.3) is 17.7 Å². The molecule has 0 spiro atoms. The van der Waals surface area contributed by atoms with Gasteiger partial charge in [0.1, 0.15) is 0 Å². The van der Waals surface area contributed by atoms with Crippen molar-refractivity contribution in [2.45, 2.75) is 26.3 Å². The third kappa shape index (κ3) is 3.59. The molecule has 0 saturated carbocycles. The van der Waals surface area contributed by atoms with E-state index < -0.39 is 0 Å². The van der Waals surface area contributed by atoms with Crippen LogP contribution in [-0.4, -0.2) is 18.0 Å². The van der Waals surface area contributed by atoms with E-state index >= 15 is 0 Å². The molecule has 0 atom stereocenters. The van der Waals surface area contributed by atoms with Crippen molar-refractivity contribution >= 4 is 17.7 Å². The van der Waals surface area contributed by atoms with Gasteiger partial charge in [0.15, 0.2) is 0 Å². The molecule has 0 N–H and O–H groups in total. The molecule has 2 aliphatic rings. The number of benzene rings is 3. The van der Waals surface area contributed by atoms with Gasteiger partial charge in [0, 0.05) is 19.6 Å². The van der Waals surface area contributed by atoms with Crippen LogP contribution in [0.5, 0.6) is 0 Å². The van der Waals surface area contributed by atoms with Gasteiger partial charge < -0.3 is 0 Å². The summed E-state index contributed by atoms with van der Waals surface area (Å²) in [6.45, 7) is 5.54. The van der Waals surface area contributed by atoms with E-state index in [-0.39, 0.29) is 0 Å². The van der Waals surface area contributed by atoms with Gasteiger partial charge in [-0.3, -0.25) is 4.90 Å². The molecule has 1 heteroatoms. The van der Waals surface area contributed by atoms with E-state index in [4.69, 9.17) is 0 Å². The number of likely N-dealkylation sites (tertiary alicyclic amines) is 1. The van der Waals surface area contributed by atoms with Crippen molar-refractivity contribution in [3.8, 4) is 0 Å².